The van der Waals surface area contributed by atoms with Crippen LogP contribution in [0.25, 0.3) is 39.4 Å². The molecule has 0 spiro atoms. The summed E-state index contributed by atoms with van der Waals surface area (Å²) in [6, 6.07) is 13.3. The van der Waals surface area contributed by atoms with Gasteiger partial charge in [-0.25, -0.2) is 9.37 Å². The molecular formula is C34H32FN5O3. The van der Waals surface area contributed by atoms with Crippen molar-refractivity contribution in [2.45, 2.75) is 52.2 Å². The first kappa shape index (κ1) is 28.2. The number of aromatic nitrogens is 4. The van der Waals surface area contributed by atoms with Crippen molar-refractivity contribution < 1.29 is 14.3 Å². The molecule has 0 bridgehead atoms. The zero-order valence-electron chi connectivity index (χ0n) is 24.3. The number of carbonyl (C=O) groups is 1. The Bertz CT molecular complexity index is 2000. The van der Waals surface area contributed by atoms with Crippen LogP contribution in [0.2, 0.25) is 0 Å². The molecule has 0 fully saturated rings. The highest BCUT2D eigenvalue weighted by Crippen LogP contribution is 2.39. The summed E-state index contributed by atoms with van der Waals surface area (Å²) in [6.45, 7) is 5.77. The van der Waals surface area contributed by atoms with Gasteiger partial charge in [-0.15, -0.1) is 0 Å². The van der Waals surface area contributed by atoms with Crippen molar-refractivity contribution in [2.75, 3.05) is 0 Å². The maximum atomic E-state index is 14.0. The van der Waals surface area contributed by atoms with E-state index in [1.54, 1.807) is 30.8 Å². The molecule has 5 aromatic rings. The summed E-state index contributed by atoms with van der Waals surface area (Å²) in [5, 5.41) is 14.9. The van der Waals surface area contributed by atoms with Crippen molar-refractivity contribution in [1.82, 2.24) is 19.3 Å². The van der Waals surface area contributed by atoms with E-state index in [0.29, 0.717) is 29.7 Å². The minimum Gasteiger partial charge on any atom is -0.389 e. The number of carbonyl (C=O) groups excluding carboxylic acids is 1. The van der Waals surface area contributed by atoms with Crippen molar-refractivity contribution in [3.63, 3.8) is 0 Å². The first-order valence-electron chi connectivity index (χ1n) is 14.2. The van der Waals surface area contributed by atoms with Crippen LogP contribution in [0.3, 0.4) is 0 Å². The Balaban J connectivity index is 1.52. The number of halogens is 1. The van der Waals surface area contributed by atoms with E-state index in [1.807, 2.05) is 37.4 Å². The molecule has 2 aromatic heterocycles. The summed E-state index contributed by atoms with van der Waals surface area (Å²) in [7, 11) is 0. The highest BCUT2D eigenvalue weighted by molar-refractivity contribution is 5.99. The molecule has 1 aliphatic carbocycles. The summed E-state index contributed by atoms with van der Waals surface area (Å²) in [5.41, 5.74) is 12.5. The number of rotatable bonds is 6. The molecule has 8 nitrogen and oxygen atoms in total. The zero-order valence-corrected chi connectivity index (χ0v) is 24.3. The van der Waals surface area contributed by atoms with Crippen molar-refractivity contribution in [2.24, 2.45) is 5.73 Å². The van der Waals surface area contributed by atoms with E-state index in [2.05, 4.69) is 16.2 Å². The molecule has 2 heterocycles. The van der Waals surface area contributed by atoms with Gasteiger partial charge in [0.15, 0.2) is 0 Å². The second-order valence-electron chi connectivity index (χ2n) is 11.7. The quantitative estimate of drug-likeness (QED) is 0.279. The largest absolute Gasteiger partial charge is 0.389 e. The molecule has 1 aliphatic rings. The Morgan fingerprint density at radius 3 is 2.70 bits per heavy atom. The highest BCUT2D eigenvalue weighted by atomic mass is 19.1. The lowest BCUT2D eigenvalue weighted by Crippen LogP contribution is -2.26. The molecule has 0 atom stereocenters. The van der Waals surface area contributed by atoms with Crippen molar-refractivity contribution in [3.05, 3.63) is 111 Å². The third-order valence-electron chi connectivity index (χ3n) is 7.94. The van der Waals surface area contributed by atoms with Gasteiger partial charge in [-0.1, -0.05) is 24.3 Å². The van der Waals surface area contributed by atoms with E-state index in [-0.39, 0.29) is 10.9 Å². The molecule has 3 aromatic carbocycles. The Kier molecular flexibility index (Phi) is 7.06. The smallest absolute Gasteiger partial charge is 0.265 e. The predicted octanol–water partition coefficient (Wildman–Crippen LogP) is 5.44. The molecule has 0 radical (unpaired) electrons. The maximum Gasteiger partial charge on any atom is 0.265 e. The number of nitrogens with zero attached hydrogens (tertiary/aromatic N) is 4. The summed E-state index contributed by atoms with van der Waals surface area (Å²) in [4.78, 5) is 30.3. The lowest BCUT2D eigenvalue weighted by Gasteiger charge is -2.18. The molecule has 1 amide bonds. The SMILES string of the molecule is Cc1c(-c2ccc(C(N)=O)c3c2C=C(c2cnn(CC(C)(C)O)c2)CCC3)cccc1-n1cnc2ccc(F)cc2c1=O. The molecular weight excluding hydrogens is 545 g/mol. The molecule has 0 saturated heterocycles. The average Bonchev–Trinajstić information content (AvgIpc) is 3.28. The van der Waals surface area contributed by atoms with Crippen LogP contribution in [-0.2, 0) is 13.0 Å². The van der Waals surface area contributed by atoms with Crippen LogP contribution in [0.1, 0.15) is 59.3 Å². The van der Waals surface area contributed by atoms with Gasteiger partial charge < -0.3 is 10.8 Å². The second kappa shape index (κ2) is 10.7. The first-order chi connectivity index (χ1) is 20.5. The Morgan fingerprint density at radius 1 is 1.12 bits per heavy atom. The number of hydrogen-bond donors (Lipinski definition) is 2. The number of nitrogens with two attached hydrogens (primary N) is 1. The van der Waals surface area contributed by atoms with E-state index in [9.17, 15) is 19.1 Å². The van der Waals surface area contributed by atoms with Crippen molar-refractivity contribution in [3.8, 4) is 16.8 Å². The van der Waals surface area contributed by atoms with Crippen molar-refractivity contribution >= 4 is 28.5 Å². The van der Waals surface area contributed by atoms with Gasteiger partial charge in [-0.2, -0.15) is 5.10 Å². The molecule has 218 valence electrons. The fourth-order valence-corrected chi connectivity index (χ4v) is 5.95. The van der Waals surface area contributed by atoms with Gasteiger partial charge in [-0.05, 0) is 104 Å². The maximum absolute atomic E-state index is 14.0. The van der Waals surface area contributed by atoms with Crippen LogP contribution >= 0.6 is 0 Å². The monoisotopic (exact) mass is 577 g/mol. The summed E-state index contributed by atoms with van der Waals surface area (Å²) in [6.07, 6.45) is 9.55. The highest BCUT2D eigenvalue weighted by Gasteiger charge is 2.22. The first-order valence-corrected chi connectivity index (χ1v) is 14.2. The number of benzene rings is 3. The van der Waals surface area contributed by atoms with Gasteiger partial charge in [0, 0.05) is 17.3 Å². The second-order valence-corrected chi connectivity index (χ2v) is 11.7. The fraction of sp³-hybridized carbons (Fsp3) is 0.235. The summed E-state index contributed by atoms with van der Waals surface area (Å²) >= 11 is 0. The van der Waals surface area contributed by atoms with Gasteiger partial charge >= 0.3 is 0 Å². The third-order valence-corrected chi connectivity index (χ3v) is 7.94. The number of allylic oxidation sites excluding steroid dienone is 1. The molecule has 0 unspecified atom stereocenters. The lowest BCUT2D eigenvalue weighted by molar-refractivity contribution is 0.0577. The van der Waals surface area contributed by atoms with E-state index in [1.165, 1.54) is 29.1 Å². The summed E-state index contributed by atoms with van der Waals surface area (Å²) < 4.78 is 17.2. The topological polar surface area (TPSA) is 116 Å². The third kappa shape index (κ3) is 5.39. The van der Waals surface area contributed by atoms with Gasteiger partial charge in [-0.3, -0.25) is 18.8 Å². The van der Waals surface area contributed by atoms with Crippen LogP contribution in [0.4, 0.5) is 4.39 Å². The van der Waals surface area contributed by atoms with E-state index in [4.69, 9.17) is 5.73 Å². The Morgan fingerprint density at radius 2 is 1.93 bits per heavy atom. The van der Waals surface area contributed by atoms with Gasteiger partial charge in [0.2, 0.25) is 5.91 Å². The minimum absolute atomic E-state index is 0.199. The molecule has 6 rings (SSSR count). The van der Waals surface area contributed by atoms with Crippen LogP contribution < -0.4 is 11.3 Å². The van der Waals surface area contributed by atoms with Crippen molar-refractivity contribution in [1.29, 1.82) is 0 Å². The van der Waals surface area contributed by atoms with E-state index in [0.717, 1.165) is 51.8 Å². The molecule has 3 N–H and O–H groups in total. The van der Waals surface area contributed by atoms with E-state index < -0.39 is 17.3 Å². The Hall–Kier alpha value is -4.89. The van der Waals surface area contributed by atoms with Gasteiger partial charge in [0.25, 0.3) is 5.56 Å². The predicted molar refractivity (Wildman–Crippen MR) is 165 cm³/mol. The number of amides is 1. The molecule has 43 heavy (non-hydrogen) atoms. The van der Waals surface area contributed by atoms with Crippen LogP contribution in [0.5, 0.6) is 0 Å². The standard InChI is InChI=1S/C34H32FN5O3/c1-20-24(7-5-9-31(20)40-19-37-30-13-10-23(35)15-29(30)33(40)42)26-11-12-27(32(36)41)25-8-4-6-21(14-28(25)26)22-16-38-39(17-22)18-34(2,3)43/h5,7,9-17,19,43H,4,6,8,18H2,1-3H3,(H2,36,41). The average molecular weight is 578 g/mol. The molecule has 0 aliphatic heterocycles. The minimum atomic E-state index is -0.906. The number of fused-ring (bicyclic) bond motifs is 2. The molecule has 0 saturated carbocycles. The van der Waals surface area contributed by atoms with Crippen LogP contribution in [0, 0.1) is 12.7 Å². The fourth-order valence-electron chi connectivity index (χ4n) is 5.95. The normalized spacial score (nSPS) is 13.5. The van der Waals surface area contributed by atoms with Crippen LogP contribution in [0.15, 0.2) is 72.0 Å². The zero-order chi connectivity index (χ0) is 30.5. The van der Waals surface area contributed by atoms with E-state index >= 15 is 0 Å². The van der Waals surface area contributed by atoms with Gasteiger partial charge in [0.05, 0.1) is 34.9 Å². The molecule has 9 heteroatoms. The lowest BCUT2D eigenvalue weighted by atomic mass is 9.88. The van der Waals surface area contributed by atoms with Gasteiger partial charge in [0.1, 0.15) is 12.1 Å². The number of hydrogen-bond acceptors (Lipinski definition) is 5. The Labute approximate surface area is 247 Å². The number of aliphatic hydroxyl groups is 1. The van der Waals surface area contributed by atoms with Crippen LogP contribution in [-0.4, -0.2) is 35.9 Å². The number of primary amides is 1. The summed E-state index contributed by atoms with van der Waals surface area (Å²) in [5.74, 6) is -0.982.